The average molecular weight is 284 g/mol. The first-order chi connectivity index (χ1) is 9.74. The fourth-order valence-corrected chi connectivity index (χ4v) is 2.69. The maximum Gasteiger partial charge on any atom is 0.336 e. The minimum atomic E-state index is -0.934. The van der Waals surface area contributed by atoms with Crippen LogP contribution in [-0.4, -0.2) is 16.1 Å². The fraction of sp³-hybridized carbons (Fsp3) is 0.0667. The van der Waals surface area contributed by atoms with Crippen LogP contribution in [0.2, 0.25) is 0 Å². The van der Waals surface area contributed by atoms with Crippen LogP contribution in [0.4, 0.5) is 5.82 Å². The Labute approximate surface area is 119 Å². The molecular weight excluding hydrogens is 272 g/mol. The number of hydrogen-bond donors (Lipinski definition) is 2. The number of fused-ring (bicyclic) bond motifs is 1. The summed E-state index contributed by atoms with van der Waals surface area (Å²) in [5.74, 6) is -0.192. The average Bonchev–Trinajstić information content (AvgIpc) is 2.97. The van der Waals surface area contributed by atoms with E-state index in [1.807, 2.05) is 11.4 Å². The molecule has 0 amide bonds. The SMILES string of the molecule is O=C(O)c1cccc2nc(NCc3ccsc3)ccc12. The number of nitrogens with zero attached hydrogens (tertiary/aromatic N) is 1. The summed E-state index contributed by atoms with van der Waals surface area (Å²) in [5.41, 5.74) is 2.16. The molecule has 0 bridgehead atoms. The molecule has 0 atom stereocenters. The molecule has 3 rings (SSSR count). The molecule has 0 unspecified atom stereocenters. The molecule has 0 aliphatic heterocycles. The molecule has 2 N–H and O–H groups in total. The van der Waals surface area contributed by atoms with Gasteiger partial charge in [-0.1, -0.05) is 6.07 Å². The third-order valence-electron chi connectivity index (χ3n) is 3.02. The monoisotopic (exact) mass is 284 g/mol. The van der Waals surface area contributed by atoms with Gasteiger partial charge in [0.15, 0.2) is 0 Å². The number of anilines is 1. The third kappa shape index (κ3) is 2.48. The Morgan fingerprint density at radius 3 is 2.90 bits per heavy atom. The summed E-state index contributed by atoms with van der Waals surface area (Å²) in [5, 5.41) is 17.1. The Morgan fingerprint density at radius 1 is 1.25 bits per heavy atom. The van der Waals surface area contributed by atoms with Gasteiger partial charge in [0.1, 0.15) is 5.82 Å². The molecule has 4 nitrogen and oxygen atoms in total. The van der Waals surface area contributed by atoms with Crippen LogP contribution in [0.5, 0.6) is 0 Å². The van der Waals surface area contributed by atoms with E-state index in [2.05, 4.69) is 21.7 Å². The van der Waals surface area contributed by atoms with Crippen molar-refractivity contribution in [3.05, 3.63) is 58.3 Å². The van der Waals surface area contributed by atoms with Gasteiger partial charge in [0.25, 0.3) is 0 Å². The van der Waals surface area contributed by atoms with Crippen molar-refractivity contribution in [1.82, 2.24) is 4.98 Å². The number of benzene rings is 1. The highest BCUT2D eigenvalue weighted by atomic mass is 32.1. The van der Waals surface area contributed by atoms with Crippen molar-refractivity contribution in [2.24, 2.45) is 0 Å². The number of aromatic nitrogens is 1. The zero-order valence-electron chi connectivity index (χ0n) is 10.5. The minimum absolute atomic E-state index is 0.277. The van der Waals surface area contributed by atoms with Gasteiger partial charge in [0.2, 0.25) is 0 Å². The molecule has 2 heterocycles. The molecule has 3 aromatic rings. The van der Waals surface area contributed by atoms with Gasteiger partial charge >= 0.3 is 5.97 Å². The van der Waals surface area contributed by atoms with Crippen LogP contribution < -0.4 is 5.32 Å². The zero-order valence-corrected chi connectivity index (χ0v) is 11.4. The standard InChI is InChI=1S/C15H12N2O2S/c18-15(19)12-2-1-3-13-11(12)4-5-14(17-13)16-8-10-6-7-20-9-10/h1-7,9H,8H2,(H,16,17)(H,18,19). The maximum absolute atomic E-state index is 11.1. The summed E-state index contributed by atoms with van der Waals surface area (Å²) < 4.78 is 0. The maximum atomic E-state index is 11.1. The van der Waals surface area contributed by atoms with Crippen molar-refractivity contribution in [2.75, 3.05) is 5.32 Å². The van der Waals surface area contributed by atoms with Crippen LogP contribution in [0.15, 0.2) is 47.2 Å². The van der Waals surface area contributed by atoms with Crippen molar-refractivity contribution in [2.45, 2.75) is 6.54 Å². The first-order valence-electron chi connectivity index (χ1n) is 6.12. The first kappa shape index (κ1) is 12.6. The topological polar surface area (TPSA) is 62.2 Å². The predicted octanol–water partition coefficient (Wildman–Crippen LogP) is 3.61. The van der Waals surface area contributed by atoms with Gasteiger partial charge in [0.05, 0.1) is 11.1 Å². The molecule has 100 valence electrons. The van der Waals surface area contributed by atoms with E-state index in [0.717, 1.165) is 5.82 Å². The van der Waals surface area contributed by atoms with Gasteiger partial charge < -0.3 is 10.4 Å². The summed E-state index contributed by atoms with van der Waals surface area (Å²) >= 11 is 1.66. The summed E-state index contributed by atoms with van der Waals surface area (Å²) in [4.78, 5) is 15.6. The quantitative estimate of drug-likeness (QED) is 0.768. The lowest BCUT2D eigenvalue weighted by atomic mass is 10.1. The van der Waals surface area contributed by atoms with E-state index in [0.29, 0.717) is 17.4 Å². The molecule has 0 aliphatic rings. The Balaban J connectivity index is 1.89. The Kier molecular flexibility index (Phi) is 3.35. The number of pyridine rings is 1. The first-order valence-corrected chi connectivity index (χ1v) is 7.06. The number of carboxylic acids is 1. The van der Waals surface area contributed by atoms with Gasteiger partial charge in [-0.25, -0.2) is 9.78 Å². The molecule has 0 saturated carbocycles. The number of carboxylic acid groups (broad SMARTS) is 1. The predicted molar refractivity (Wildman–Crippen MR) is 80.3 cm³/mol. The van der Waals surface area contributed by atoms with E-state index in [1.165, 1.54) is 5.56 Å². The fourth-order valence-electron chi connectivity index (χ4n) is 2.03. The molecular formula is C15H12N2O2S. The van der Waals surface area contributed by atoms with Crippen LogP contribution in [-0.2, 0) is 6.54 Å². The second kappa shape index (κ2) is 5.30. The lowest BCUT2D eigenvalue weighted by molar-refractivity contribution is 0.0699. The van der Waals surface area contributed by atoms with Crippen molar-refractivity contribution in [1.29, 1.82) is 0 Å². The highest BCUT2D eigenvalue weighted by Crippen LogP contribution is 2.20. The van der Waals surface area contributed by atoms with Crippen molar-refractivity contribution >= 4 is 34.0 Å². The summed E-state index contributed by atoms with van der Waals surface area (Å²) in [6.45, 7) is 0.709. The third-order valence-corrected chi connectivity index (χ3v) is 3.75. The van der Waals surface area contributed by atoms with Gasteiger partial charge in [-0.2, -0.15) is 11.3 Å². The molecule has 0 saturated heterocycles. The number of rotatable bonds is 4. The summed E-state index contributed by atoms with van der Waals surface area (Å²) in [6, 6.07) is 10.8. The van der Waals surface area contributed by atoms with Gasteiger partial charge in [-0.3, -0.25) is 0 Å². The molecule has 0 radical (unpaired) electrons. The second-order valence-corrected chi connectivity index (χ2v) is 5.14. The van der Waals surface area contributed by atoms with E-state index in [1.54, 1.807) is 35.6 Å². The largest absolute Gasteiger partial charge is 0.478 e. The van der Waals surface area contributed by atoms with E-state index in [9.17, 15) is 4.79 Å². The lowest BCUT2D eigenvalue weighted by Gasteiger charge is -2.07. The van der Waals surface area contributed by atoms with Crippen LogP contribution in [0.25, 0.3) is 10.9 Å². The van der Waals surface area contributed by atoms with Gasteiger partial charge in [-0.05, 0) is 46.7 Å². The Hall–Kier alpha value is -2.40. The number of nitrogens with one attached hydrogen (secondary N) is 1. The van der Waals surface area contributed by atoms with Gasteiger partial charge in [-0.15, -0.1) is 0 Å². The van der Waals surface area contributed by atoms with Crippen LogP contribution in [0, 0.1) is 0 Å². The van der Waals surface area contributed by atoms with Crippen molar-refractivity contribution in [3.8, 4) is 0 Å². The van der Waals surface area contributed by atoms with E-state index < -0.39 is 5.97 Å². The molecule has 5 heteroatoms. The van der Waals surface area contributed by atoms with Crippen molar-refractivity contribution in [3.63, 3.8) is 0 Å². The second-order valence-electron chi connectivity index (χ2n) is 4.36. The lowest BCUT2D eigenvalue weighted by Crippen LogP contribution is -2.02. The number of thiophene rings is 1. The normalized spacial score (nSPS) is 10.6. The highest BCUT2D eigenvalue weighted by Gasteiger charge is 2.08. The smallest absolute Gasteiger partial charge is 0.336 e. The van der Waals surface area contributed by atoms with Crippen LogP contribution in [0.1, 0.15) is 15.9 Å². The van der Waals surface area contributed by atoms with Crippen LogP contribution >= 0.6 is 11.3 Å². The highest BCUT2D eigenvalue weighted by molar-refractivity contribution is 7.07. The Morgan fingerprint density at radius 2 is 2.15 bits per heavy atom. The van der Waals surface area contributed by atoms with E-state index in [4.69, 9.17) is 5.11 Å². The molecule has 0 fully saturated rings. The van der Waals surface area contributed by atoms with E-state index in [-0.39, 0.29) is 5.56 Å². The number of carbonyl (C=O) groups is 1. The number of hydrogen-bond acceptors (Lipinski definition) is 4. The summed E-state index contributed by atoms with van der Waals surface area (Å²) in [6.07, 6.45) is 0. The van der Waals surface area contributed by atoms with Gasteiger partial charge in [0, 0.05) is 11.9 Å². The number of aromatic carboxylic acids is 1. The molecule has 0 aliphatic carbocycles. The zero-order chi connectivity index (χ0) is 13.9. The summed E-state index contributed by atoms with van der Waals surface area (Å²) in [7, 11) is 0. The Bertz CT molecular complexity index is 754. The van der Waals surface area contributed by atoms with Crippen LogP contribution in [0.3, 0.4) is 0 Å². The van der Waals surface area contributed by atoms with Crippen molar-refractivity contribution < 1.29 is 9.90 Å². The molecule has 1 aromatic carbocycles. The molecule has 20 heavy (non-hydrogen) atoms. The molecule has 2 aromatic heterocycles. The van der Waals surface area contributed by atoms with E-state index >= 15 is 0 Å². The molecule has 0 spiro atoms. The minimum Gasteiger partial charge on any atom is -0.478 e.